The van der Waals surface area contributed by atoms with Gasteiger partial charge in [-0.05, 0) is 6.07 Å². The molecule has 0 spiro atoms. The number of ether oxygens (including phenoxy) is 1. The van der Waals surface area contributed by atoms with E-state index in [2.05, 4.69) is 9.97 Å². The molecule has 1 fully saturated rings. The van der Waals surface area contributed by atoms with Crippen LogP contribution in [-0.2, 0) is 16.1 Å². The number of fused-ring (bicyclic) bond motifs is 1. The standard InChI is InChI=1S/C12H14N4O3/c17-11(18)10-8-15(4-5-19-10)6-9-7-16-3-1-2-13-12(16)14-9/h1-3,7,10H,4-6,8H2,(H,17,18). The SMILES string of the molecule is O=C(O)C1CN(Cc2cn3cccnc3n2)CCO1. The van der Waals surface area contributed by atoms with Crippen LogP contribution < -0.4 is 0 Å². The van der Waals surface area contributed by atoms with Crippen molar-refractivity contribution in [1.82, 2.24) is 19.3 Å². The lowest BCUT2D eigenvalue weighted by molar-refractivity contribution is -0.156. The highest BCUT2D eigenvalue weighted by Gasteiger charge is 2.26. The molecule has 1 atom stereocenters. The summed E-state index contributed by atoms with van der Waals surface area (Å²) in [6.07, 6.45) is 4.75. The van der Waals surface area contributed by atoms with Crippen molar-refractivity contribution in [1.29, 1.82) is 0 Å². The van der Waals surface area contributed by atoms with Crippen molar-refractivity contribution in [3.8, 4) is 0 Å². The number of carboxylic acids is 1. The quantitative estimate of drug-likeness (QED) is 0.839. The van der Waals surface area contributed by atoms with Crippen molar-refractivity contribution >= 4 is 11.7 Å². The first-order chi connectivity index (χ1) is 9.22. The Hall–Kier alpha value is -1.99. The molecule has 3 rings (SSSR count). The number of carbonyl (C=O) groups is 1. The highest BCUT2D eigenvalue weighted by atomic mass is 16.5. The molecule has 0 saturated carbocycles. The van der Waals surface area contributed by atoms with E-state index in [4.69, 9.17) is 9.84 Å². The van der Waals surface area contributed by atoms with Gasteiger partial charge in [0.2, 0.25) is 5.78 Å². The molecule has 1 aliphatic rings. The minimum absolute atomic E-state index is 0.386. The molecule has 100 valence electrons. The van der Waals surface area contributed by atoms with E-state index < -0.39 is 12.1 Å². The Labute approximate surface area is 109 Å². The number of hydrogen-bond donors (Lipinski definition) is 1. The van der Waals surface area contributed by atoms with Crippen molar-refractivity contribution in [3.05, 3.63) is 30.4 Å². The van der Waals surface area contributed by atoms with Gasteiger partial charge in [-0.15, -0.1) is 0 Å². The van der Waals surface area contributed by atoms with Crippen LogP contribution in [0.1, 0.15) is 5.69 Å². The van der Waals surface area contributed by atoms with Crippen LogP contribution in [0.4, 0.5) is 0 Å². The van der Waals surface area contributed by atoms with E-state index in [1.165, 1.54) is 0 Å². The summed E-state index contributed by atoms with van der Waals surface area (Å²) < 4.78 is 7.04. The van der Waals surface area contributed by atoms with E-state index in [1.807, 2.05) is 27.8 Å². The summed E-state index contributed by atoms with van der Waals surface area (Å²) in [4.78, 5) is 21.5. The monoisotopic (exact) mass is 262 g/mol. The number of morpholine rings is 1. The third-order valence-electron chi connectivity index (χ3n) is 3.10. The Morgan fingerprint density at radius 1 is 1.58 bits per heavy atom. The van der Waals surface area contributed by atoms with Gasteiger partial charge in [-0.25, -0.2) is 14.8 Å². The van der Waals surface area contributed by atoms with Gasteiger partial charge in [0, 0.05) is 38.2 Å². The van der Waals surface area contributed by atoms with Gasteiger partial charge in [-0.3, -0.25) is 9.30 Å². The molecule has 0 bridgehead atoms. The lowest BCUT2D eigenvalue weighted by Gasteiger charge is -2.30. The summed E-state index contributed by atoms with van der Waals surface area (Å²) in [6, 6.07) is 1.84. The Morgan fingerprint density at radius 3 is 3.26 bits per heavy atom. The van der Waals surface area contributed by atoms with Crippen LogP contribution in [-0.4, -0.2) is 56.1 Å². The molecule has 1 aliphatic heterocycles. The van der Waals surface area contributed by atoms with Crippen LogP contribution in [0, 0.1) is 0 Å². The van der Waals surface area contributed by atoms with Crippen LogP contribution in [0.15, 0.2) is 24.7 Å². The Kier molecular flexibility index (Phi) is 3.14. The lowest BCUT2D eigenvalue weighted by Crippen LogP contribution is -2.45. The molecule has 0 amide bonds. The van der Waals surface area contributed by atoms with E-state index in [1.54, 1.807) is 6.20 Å². The Balaban J connectivity index is 1.72. The molecule has 2 aromatic heterocycles. The number of nitrogens with zero attached hydrogens (tertiary/aromatic N) is 4. The van der Waals surface area contributed by atoms with E-state index >= 15 is 0 Å². The van der Waals surface area contributed by atoms with E-state index in [9.17, 15) is 4.79 Å². The summed E-state index contributed by atoms with van der Waals surface area (Å²) in [5.41, 5.74) is 0.879. The molecular weight excluding hydrogens is 248 g/mol. The molecule has 2 aromatic rings. The third kappa shape index (κ3) is 2.56. The predicted molar refractivity (Wildman–Crippen MR) is 65.6 cm³/mol. The van der Waals surface area contributed by atoms with Crippen LogP contribution in [0.2, 0.25) is 0 Å². The fraction of sp³-hybridized carbons (Fsp3) is 0.417. The van der Waals surface area contributed by atoms with Gasteiger partial charge in [0.1, 0.15) is 0 Å². The van der Waals surface area contributed by atoms with Gasteiger partial charge >= 0.3 is 5.97 Å². The van der Waals surface area contributed by atoms with E-state index in [-0.39, 0.29) is 0 Å². The van der Waals surface area contributed by atoms with Gasteiger partial charge in [0.25, 0.3) is 0 Å². The third-order valence-corrected chi connectivity index (χ3v) is 3.10. The molecule has 19 heavy (non-hydrogen) atoms. The molecule has 7 nitrogen and oxygen atoms in total. The van der Waals surface area contributed by atoms with Crippen molar-refractivity contribution in [3.63, 3.8) is 0 Å². The molecule has 7 heteroatoms. The maximum Gasteiger partial charge on any atom is 0.334 e. The predicted octanol–water partition coefficient (Wildman–Crippen LogP) is 0.0147. The molecule has 0 aliphatic carbocycles. The zero-order chi connectivity index (χ0) is 13.2. The topological polar surface area (TPSA) is 80.0 Å². The second kappa shape index (κ2) is 4.94. The average molecular weight is 262 g/mol. The zero-order valence-electron chi connectivity index (χ0n) is 10.3. The van der Waals surface area contributed by atoms with Crippen LogP contribution in [0.25, 0.3) is 5.78 Å². The van der Waals surface area contributed by atoms with Gasteiger partial charge in [0.05, 0.1) is 12.3 Å². The number of hydrogen-bond acceptors (Lipinski definition) is 5. The van der Waals surface area contributed by atoms with Crippen LogP contribution in [0.5, 0.6) is 0 Å². The number of carboxylic acid groups (broad SMARTS) is 1. The second-order valence-corrected chi connectivity index (χ2v) is 4.49. The Morgan fingerprint density at radius 2 is 2.47 bits per heavy atom. The molecule has 3 heterocycles. The normalized spacial score (nSPS) is 20.7. The van der Waals surface area contributed by atoms with Gasteiger partial charge in [0.15, 0.2) is 6.10 Å². The zero-order valence-corrected chi connectivity index (χ0v) is 10.3. The maximum absolute atomic E-state index is 10.9. The highest BCUT2D eigenvalue weighted by molar-refractivity contribution is 5.72. The molecule has 1 saturated heterocycles. The first-order valence-corrected chi connectivity index (χ1v) is 6.08. The van der Waals surface area contributed by atoms with Crippen molar-refractivity contribution in [2.75, 3.05) is 19.7 Å². The number of rotatable bonds is 3. The highest BCUT2D eigenvalue weighted by Crippen LogP contribution is 2.10. The summed E-state index contributed by atoms with van der Waals surface area (Å²) in [5.74, 6) is -0.262. The number of aliphatic carboxylic acids is 1. The second-order valence-electron chi connectivity index (χ2n) is 4.49. The molecule has 1 N–H and O–H groups in total. The summed E-state index contributed by atoms with van der Waals surface area (Å²) in [5, 5.41) is 8.96. The van der Waals surface area contributed by atoms with Gasteiger partial charge in [-0.2, -0.15) is 0 Å². The maximum atomic E-state index is 10.9. The molecule has 0 aromatic carbocycles. The largest absolute Gasteiger partial charge is 0.479 e. The summed E-state index contributed by atoms with van der Waals surface area (Å²) in [6.45, 7) is 2.14. The van der Waals surface area contributed by atoms with E-state index in [0.29, 0.717) is 32.0 Å². The van der Waals surface area contributed by atoms with Crippen LogP contribution >= 0.6 is 0 Å². The number of imidazole rings is 1. The molecule has 1 unspecified atom stereocenters. The number of aromatic nitrogens is 3. The summed E-state index contributed by atoms with van der Waals surface area (Å²) >= 11 is 0. The first kappa shape index (κ1) is 12.1. The van der Waals surface area contributed by atoms with E-state index in [0.717, 1.165) is 5.69 Å². The fourth-order valence-corrected chi connectivity index (χ4v) is 2.18. The van der Waals surface area contributed by atoms with Crippen molar-refractivity contribution in [2.45, 2.75) is 12.6 Å². The average Bonchev–Trinajstić information content (AvgIpc) is 2.81. The minimum atomic E-state index is -0.915. The molecular formula is C12H14N4O3. The van der Waals surface area contributed by atoms with Crippen molar-refractivity contribution < 1.29 is 14.6 Å². The Bertz CT molecular complexity index is 564. The minimum Gasteiger partial charge on any atom is -0.479 e. The lowest BCUT2D eigenvalue weighted by atomic mass is 10.2. The fourth-order valence-electron chi connectivity index (χ4n) is 2.18. The smallest absolute Gasteiger partial charge is 0.334 e. The van der Waals surface area contributed by atoms with Crippen LogP contribution in [0.3, 0.4) is 0 Å². The first-order valence-electron chi connectivity index (χ1n) is 6.08. The van der Waals surface area contributed by atoms with Gasteiger partial charge < -0.3 is 9.84 Å². The van der Waals surface area contributed by atoms with Crippen molar-refractivity contribution in [2.24, 2.45) is 0 Å². The molecule has 0 radical (unpaired) electrons. The summed E-state index contributed by atoms with van der Waals surface area (Å²) in [7, 11) is 0. The van der Waals surface area contributed by atoms with Gasteiger partial charge in [-0.1, -0.05) is 0 Å².